The summed E-state index contributed by atoms with van der Waals surface area (Å²) >= 11 is 0.951. The molecule has 3 nitrogen and oxygen atoms in total. The Bertz CT molecular complexity index is 823. The summed E-state index contributed by atoms with van der Waals surface area (Å²) in [7, 11) is 0. The van der Waals surface area contributed by atoms with Crippen molar-refractivity contribution >= 4 is 29.0 Å². The molecule has 0 atom stereocenters. The molecule has 0 spiro atoms. The molecule has 1 aliphatic carbocycles. The molecule has 1 N–H and O–H groups in total. The van der Waals surface area contributed by atoms with E-state index < -0.39 is 0 Å². The van der Waals surface area contributed by atoms with Gasteiger partial charge in [-0.1, -0.05) is 42.5 Å². The molecular formula is C17H11NO2S. The van der Waals surface area contributed by atoms with Gasteiger partial charge >= 0.3 is 0 Å². The molecule has 0 saturated carbocycles. The second-order valence-electron chi connectivity index (χ2n) is 5.10. The fourth-order valence-corrected chi connectivity index (χ4v) is 3.51. The van der Waals surface area contributed by atoms with Crippen molar-refractivity contribution in [2.45, 2.75) is 6.42 Å². The summed E-state index contributed by atoms with van der Waals surface area (Å²) in [6.07, 6.45) is 2.69. The van der Waals surface area contributed by atoms with E-state index in [-0.39, 0.29) is 11.1 Å². The molecule has 0 bridgehead atoms. The minimum Gasteiger partial charge on any atom is -0.282 e. The highest BCUT2D eigenvalue weighted by Crippen LogP contribution is 2.37. The zero-order chi connectivity index (χ0) is 14.4. The van der Waals surface area contributed by atoms with Crippen molar-refractivity contribution in [3.63, 3.8) is 0 Å². The van der Waals surface area contributed by atoms with E-state index in [9.17, 15) is 9.59 Å². The first-order valence-corrected chi connectivity index (χ1v) is 7.48. The van der Waals surface area contributed by atoms with E-state index in [1.54, 1.807) is 6.08 Å². The highest BCUT2D eigenvalue weighted by Gasteiger charge is 2.25. The van der Waals surface area contributed by atoms with Gasteiger partial charge in [0.05, 0.1) is 4.91 Å². The smallest absolute Gasteiger partial charge is 0.282 e. The molecule has 0 aromatic heterocycles. The van der Waals surface area contributed by atoms with Crippen LogP contribution in [0.15, 0.2) is 47.4 Å². The molecule has 1 saturated heterocycles. The zero-order valence-corrected chi connectivity index (χ0v) is 11.9. The van der Waals surface area contributed by atoms with E-state index in [0.717, 1.165) is 23.7 Å². The normalized spacial score (nSPS) is 17.8. The minimum atomic E-state index is -0.311. The number of hydrogen-bond acceptors (Lipinski definition) is 3. The molecule has 1 aliphatic heterocycles. The maximum atomic E-state index is 11.6. The second-order valence-corrected chi connectivity index (χ2v) is 6.12. The molecule has 0 unspecified atom stereocenters. The SMILES string of the molecule is O=C1NC(=O)/C(=C/c2ccc3c(c2)Cc2ccccc2-3)S1. The highest BCUT2D eigenvalue weighted by atomic mass is 32.2. The van der Waals surface area contributed by atoms with Gasteiger partial charge in [-0.05, 0) is 52.1 Å². The number of benzene rings is 2. The van der Waals surface area contributed by atoms with Crippen LogP contribution >= 0.6 is 11.8 Å². The van der Waals surface area contributed by atoms with Crippen molar-refractivity contribution in [1.82, 2.24) is 5.32 Å². The van der Waals surface area contributed by atoms with Gasteiger partial charge in [-0.2, -0.15) is 0 Å². The lowest BCUT2D eigenvalue weighted by atomic mass is 10.0. The Balaban J connectivity index is 1.72. The van der Waals surface area contributed by atoms with Gasteiger partial charge in [0, 0.05) is 0 Å². The molecule has 21 heavy (non-hydrogen) atoms. The third kappa shape index (κ3) is 2.08. The van der Waals surface area contributed by atoms with E-state index in [0.29, 0.717) is 4.91 Å². The monoisotopic (exact) mass is 293 g/mol. The molecule has 2 amide bonds. The van der Waals surface area contributed by atoms with Gasteiger partial charge in [0.15, 0.2) is 0 Å². The van der Waals surface area contributed by atoms with Crippen LogP contribution in [0.1, 0.15) is 16.7 Å². The molecule has 4 heteroatoms. The Morgan fingerprint density at radius 1 is 1.00 bits per heavy atom. The van der Waals surface area contributed by atoms with Gasteiger partial charge in [-0.3, -0.25) is 14.9 Å². The molecule has 4 rings (SSSR count). The molecule has 1 heterocycles. The summed E-state index contributed by atoms with van der Waals surface area (Å²) in [6, 6.07) is 14.6. The average Bonchev–Trinajstić information content (AvgIpc) is 2.98. The first-order chi connectivity index (χ1) is 10.2. The first kappa shape index (κ1) is 12.4. The van der Waals surface area contributed by atoms with E-state index in [1.807, 2.05) is 6.07 Å². The molecule has 2 aromatic carbocycles. The lowest BCUT2D eigenvalue weighted by Gasteiger charge is -2.02. The Labute approximate surface area is 126 Å². The van der Waals surface area contributed by atoms with Gasteiger partial charge < -0.3 is 0 Å². The summed E-state index contributed by atoms with van der Waals surface area (Å²) < 4.78 is 0. The lowest BCUT2D eigenvalue weighted by molar-refractivity contribution is -0.115. The number of imide groups is 1. The standard InChI is InChI=1S/C17H11NO2S/c19-16-15(21-17(20)18-16)8-10-5-6-14-12(7-10)9-11-3-1-2-4-13(11)14/h1-8H,9H2,(H,18,19,20)/b15-8-. The third-order valence-electron chi connectivity index (χ3n) is 3.76. The van der Waals surface area contributed by atoms with Crippen LogP contribution in [0.3, 0.4) is 0 Å². The Kier molecular flexibility index (Phi) is 2.72. The average molecular weight is 293 g/mol. The van der Waals surface area contributed by atoms with E-state index in [1.165, 1.54) is 22.3 Å². The topological polar surface area (TPSA) is 46.2 Å². The fraction of sp³-hybridized carbons (Fsp3) is 0.0588. The Hall–Kier alpha value is -2.33. The molecule has 2 aromatic rings. The third-order valence-corrected chi connectivity index (χ3v) is 4.57. The number of nitrogens with one attached hydrogen (secondary N) is 1. The van der Waals surface area contributed by atoms with Crippen molar-refractivity contribution in [2.24, 2.45) is 0 Å². The largest absolute Gasteiger partial charge is 0.290 e. The highest BCUT2D eigenvalue weighted by molar-refractivity contribution is 8.18. The maximum Gasteiger partial charge on any atom is 0.290 e. The van der Waals surface area contributed by atoms with Crippen molar-refractivity contribution < 1.29 is 9.59 Å². The predicted molar refractivity (Wildman–Crippen MR) is 83.8 cm³/mol. The number of carbonyl (C=O) groups excluding carboxylic acids is 2. The summed E-state index contributed by atoms with van der Waals surface area (Å²) in [6.45, 7) is 0. The van der Waals surface area contributed by atoms with E-state index in [4.69, 9.17) is 0 Å². The van der Waals surface area contributed by atoms with Crippen LogP contribution in [0.4, 0.5) is 4.79 Å². The maximum absolute atomic E-state index is 11.6. The number of thioether (sulfide) groups is 1. The molecular weight excluding hydrogens is 282 g/mol. The van der Waals surface area contributed by atoms with Crippen LogP contribution in [0.5, 0.6) is 0 Å². The predicted octanol–water partition coefficient (Wildman–Crippen LogP) is 3.58. The number of amides is 2. The van der Waals surface area contributed by atoms with Gasteiger partial charge in [0.25, 0.3) is 11.1 Å². The van der Waals surface area contributed by atoms with Crippen LogP contribution in [0.2, 0.25) is 0 Å². The molecule has 2 aliphatic rings. The van der Waals surface area contributed by atoms with Crippen LogP contribution in [0.25, 0.3) is 17.2 Å². The second kappa shape index (κ2) is 4.60. The minimum absolute atomic E-state index is 0.306. The first-order valence-electron chi connectivity index (χ1n) is 6.67. The summed E-state index contributed by atoms with van der Waals surface area (Å²) in [4.78, 5) is 23.2. The van der Waals surface area contributed by atoms with Crippen molar-refractivity contribution in [2.75, 3.05) is 0 Å². The quantitative estimate of drug-likeness (QED) is 0.698. The lowest BCUT2D eigenvalue weighted by Crippen LogP contribution is -2.17. The van der Waals surface area contributed by atoms with Gasteiger partial charge in [-0.25, -0.2) is 0 Å². The molecule has 1 fully saturated rings. The summed E-state index contributed by atoms with van der Waals surface area (Å²) in [5, 5.41) is 1.96. The summed E-state index contributed by atoms with van der Waals surface area (Å²) in [5.74, 6) is -0.311. The van der Waals surface area contributed by atoms with Crippen LogP contribution in [-0.4, -0.2) is 11.1 Å². The van der Waals surface area contributed by atoms with Crippen LogP contribution < -0.4 is 5.32 Å². The number of carbonyl (C=O) groups is 2. The van der Waals surface area contributed by atoms with E-state index >= 15 is 0 Å². The summed E-state index contributed by atoms with van der Waals surface area (Å²) in [5.41, 5.74) is 6.09. The Morgan fingerprint density at radius 2 is 1.81 bits per heavy atom. The van der Waals surface area contributed by atoms with Crippen molar-refractivity contribution in [1.29, 1.82) is 0 Å². The van der Waals surface area contributed by atoms with Crippen molar-refractivity contribution in [3.8, 4) is 11.1 Å². The number of rotatable bonds is 1. The van der Waals surface area contributed by atoms with Gasteiger partial charge in [0.1, 0.15) is 0 Å². The molecule has 0 radical (unpaired) electrons. The van der Waals surface area contributed by atoms with Gasteiger partial charge in [0.2, 0.25) is 0 Å². The van der Waals surface area contributed by atoms with Crippen LogP contribution in [0, 0.1) is 0 Å². The fourth-order valence-electron chi connectivity index (χ4n) is 2.83. The number of fused-ring (bicyclic) bond motifs is 3. The van der Waals surface area contributed by atoms with E-state index in [2.05, 4.69) is 41.7 Å². The van der Waals surface area contributed by atoms with Crippen LogP contribution in [-0.2, 0) is 11.2 Å². The van der Waals surface area contributed by atoms with Gasteiger partial charge in [-0.15, -0.1) is 0 Å². The Morgan fingerprint density at radius 3 is 2.62 bits per heavy atom. The number of hydrogen-bond donors (Lipinski definition) is 1. The zero-order valence-electron chi connectivity index (χ0n) is 11.1. The molecule has 102 valence electrons. The van der Waals surface area contributed by atoms with Crippen molar-refractivity contribution in [3.05, 3.63) is 64.1 Å².